The SMILES string of the molecule is FCC(F)(F)C(F)(F)C(F)(F)C(F)(F)C(F)=C(F)C(F)(F)C(F)(F)C(F)(F)F. The molecule has 0 rings (SSSR count). The van der Waals surface area contributed by atoms with Crippen LogP contribution >= 0.6 is 0 Å². The first-order valence-electron chi connectivity index (χ1n) is 5.83. The van der Waals surface area contributed by atoms with Crippen molar-refractivity contribution in [1.82, 2.24) is 0 Å². The standard InChI is InChI=1S/C10H2F18/c11-1-4(14,15)7(20,21)8(22,23)5(16,17)2(12)3(13)6(18,19)9(24,25)10(26,27)28/h1H2. The molecule has 0 radical (unpaired) electrons. The van der Waals surface area contributed by atoms with E-state index in [4.69, 9.17) is 0 Å². The van der Waals surface area contributed by atoms with E-state index in [1.165, 1.54) is 0 Å². The summed E-state index contributed by atoms with van der Waals surface area (Å²) in [6.07, 6.45) is -7.50. The van der Waals surface area contributed by atoms with Crippen molar-refractivity contribution >= 4 is 0 Å². The first-order chi connectivity index (χ1) is 11.9. The topological polar surface area (TPSA) is 0 Å². The predicted octanol–water partition coefficient (Wildman–Crippen LogP) is 6.48. The maximum absolute atomic E-state index is 13.0. The molecule has 0 aromatic rings. The number of halogens is 18. The molecule has 0 unspecified atom stereocenters. The monoisotopic (exact) mass is 464 g/mol. The maximum atomic E-state index is 13.0. The van der Waals surface area contributed by atoms with Gasteiger partial charge in [0.2, 0.25) is 11.7 Å². The van der Waals surface area contributed by atoms with Crippen LogP contribution in [0.3, 0.4) is 0 Å². The second-order valence-corrected chi connectivity index (χ2v) is 4.84. The molecule has 0 spiro atoms. The molecule has 0 saturated heterocycles. The second-order valence-electron chi connectivity index (χ2n) is 4.84. The minimum absolute atomic E-state index is 3.83. The predicted molar refractivity (Wildman–Crippen MR) is 51.0 cm³/mol. The average molecular weight is 464 g/mol. The van der Waals surface area contributed by atoms with Gasteiger partial charge in [0.25, 0.3) is 0 Å². The lowest BCUT2D eigenvalue weighted by molar-refractivity contribution is -0.364. The third kappa shape index (κ3) is 3.46. The van der Waals surface area contributed by atoms with Crippen LogP contribution in [0.15, 0.2) is 11.7 Å². The Kier molecular flexibility index (Phi) is 6.41. The van der Waals surface area contributed by atoms with Crippen LogP contribution in [-0.2, 0) is 0 Å². The molecule has 0 atom stereocenters. The third-order valence-electron chi connectivity index (χ3n) is 2.91. The van der Waals surface area contributed by atoms with E-state index in [0.29, 0.717) is 0 Å². The van der Waals surface area contributed by atoms with E-state index in [0.717, 1.165) is 0 Å². The van der Waals surface area contributed by atoms with Gasteiger partial charge in [-0.05, 0) is 0 Å². The largest absolute Gasteiger partial charge is 0.460 e. The number of hydrogen-bond donors (Lipinski definition) is 0. The molecule has 0 bridgehead atoms. The normalized spacial score (nSPS) is 16.9. The Hall–Kier alpha value is -1.52. The Morgan fingerprint density at radius 3 is 1.00 bits per heavy atom. The van der Waals surface area contributed by atoms with Gasteiger partial charge in [0.15, 0.2) is 6.67 Å². The maximum Gasteiger partial charge on any atom is 0.460 e. The van der Waals surface area contributed by atoms with Crippen molar-refractivity contribution in [2.45, 2.75) is 41.7 Å². The van der Waals surface area contributed by atoms with Crippen LogP contribution in [0.2, 0.25) is 0 Å². The van der Waals surface area contributed by atoms with Crippen molar-refractivity contribution in [3.05, 3.63) is 11.7 Å². The molecule has 0 heterocycles. The zero-order valence-electron chi connectivity index (χ0n) is 12.0. The Bertz CT molecular complexity index is 606. The van der Waals surface area contributed by atoms with Gasteiger partial charge < -0.3 is 0 Å². The number of alkyl halides is 16. The van der Waals surface area contributed by atoms with Crippen molar-refractivity contribution < 1.29 is 79.0 Å². The molecule has 0 nitrogen and oxygen atoms in total. The highest BCUT2D eigenvalue weighted by Gasteiger charge is 2.83. The van der Waals surface area contributed by atoms with Gasteiger partial charge in [0.05, 0.1) is 0 Å². The van der Waals surface area contributed by atoms with E-state index in [1.807, 2.05) is 0 Å². The lowest BCUT2D eigenvalue weighted by atomic mass is 9.96. The number of rotatable bonds is 7. The Morgan fingerprint density at radius 1 is 0.464 bits per heavy atom. The third-order valence-corrected chi connectivity index (χ3v) is 2.91. The molecule has 0 aliphatic carbocycles. The lowest BCUT2D eigenvalue weighted by Gasteiger charge is -2.35. The van der Waals surface area contributed by atoms with Crippen LogP contribution in [0.4, 0.5) is 79.0 Å². The Labute approximate surface area is 140 Å². The molecular formula is C10H2F18. The van der Waals surface area contributed by atoms with Gasteiger partial charge in [0, 0.05) is 0 Å². The fourth-order valence-corrected chi connectivity index (χ4v) is 1.24. The van der Waals surface area contributed by atoms with E-state index in [1.54, 1.807) is 0 Å². The summed E-state index contributed by atoms with van der Waals surface area (Å²) in [4.78, 5) is 0. The summed E-state index contributed by atoms with van der Waals surface area (Å²) < 4.78 is 225. The van der Waals surface area contributed by atoms with Crippen LogP contribution in [-0.4, -0.2) is 48.4 Å². The van der Waals surface area contributed by atoms with Gasteiger partial charge in [-0.3, -0.25) is 0 Å². The highest BCUT2D eigenvalue weighted by atomic mass is 19.4. The Balaban J connectivity index is 6.65. The molecule has 0 aliphatic heterocycles. The van der Waals surface area contributed by atoms with Crippen molar-refractivity contribution in [1.29, 1.82) is 0 Å². The summed E-state index contributed by atoms with van der Waals surface area (Å²) in [6, 6.07) is 0. The summed E-state index contributed by atoms with van der Waals surface area (Å²) in [5.74, 6) is -56.3. The van der Waals surface area contributed by atoms with E-state index < -0.39 is 60.0 Å². The fraction of sp³-hybridized carbons (Fsp3) is 0.800. The van der Waals surface area contributed by atoms with E-state index in [9.17, 15) is 79.0 Å². The van der Waals surface area contributed by atoms with Gasteiger partial charge in [-0.1, -0.05) is 0 Å². The molecule has 0 aliphatic rings. The summed E-state index contributed by atoms with van der Waals surface area (Å²) in [5.41, 5.74) is 0. The summed E-state index contributed by atoms with van der Waals surface area (Å²) in [5, 5.41) is 0. The fourth-order valence-electron chi connectivity index (χ4n) is 1.24. The molecule has 0 saturated carbocycles. The summed E-state index contributed by atoms with van der Waals surface area (Å²) in [6.45, 7) is -3.83. The van der Waals surface area contributed by atoms with Gasteiger partial charge in [-0.25, -0.2) is 13.2 Å². The molecule has 0 amide bonds. The van der Waals surface area contributed by atoms with Crippen LogP contribution in [0.25, 0.3) is 0 Å². The number of hydrogen-bond acceptors (Lipinski definition) is 0. The summed E-state index contributed by atoms with van der Waals surface area (Å²) in [7, 11) is 0. The highest BCUT2D eigenvalue weighted by Crippen LogP contribution is 2.58. The smallest absolute Gasteiger partial charge is 0.244 e. The zero-order valence-corrected chi connectivity index (χ0v) is 12.0. The minimum atomic E-state index is -7.99. The van der Waals surface area contributed by atoms with Crippen molar-refractivity contribution in [3.8, 4) is 0 Å². The van der Waals surface area contributed by atoms with Gasteiger partial charge in [-0.2, -0.15) is 65.9 Å². The van der Waals surface area contributed by atoms with Gasteiger partial charge in [-0.15, -0.1) is 0 Å². The first kappa shape index (κ1) is 26.5. The molecule has 168 valence electrons. The minimum Gasteiger partial charge on any atom is -0.244 e. The average Bonchev–Trinajstić information content (AvgIpc) is 2.51. The molecule has 0 fully saturated rings. The van der Waals surface area contributed by atoms with Crippen LogP contribution in [0, 0.1) is 0 Å². The quantitative estimate of drug-likeness (QED) is 0.379. The molecule has 18 heteroatoms. The molecule has 0 N–H and O–H groups in total. The van der Waals surface area contributed by atoms with Gasteiger partial charge >= 0.3 is 41.7 Å². The molecule has 0 aromatic heterocycles. The lowest BCUT2D eigenvalue weighted by Crippen LogP contribution is -2.63. The van der Waals surface area contributed by atoms with Gasteiger partial charge in [0.1, 0.15) is 0 Å². The molecule has 0 aromatic carbocycles. The first-order valence-corrected chi connectivity index (χ1v) is 5.83. The van der Waals surface area contributed by atoms with E-state index in [-0.39, 0.29) is 0 Å². The van der Waals surface area contributed by atoms with Crippen molar-refractivity contribution in [2.75, 3.05) is 6.67 Å². The van der Waals surface area contributed by atoms with E-state index in [2.05, 4.69) is 0 Å². The summed E-state index contributed by atoms with van der Waals surface area (Å²) >= 11 is 0. The zero-order chi connectivity index (χ0) is 23.4. The second kappa shape index (κ2) is 6.77. The number of allylic oxidation sites excluding steroid dienone is 2. The molecular weight excluding hydrogens is 462 g/mol. The highest BCUT2D eigenvalue weighted by molar-refractivity contribution is 5.25. The van der Waals surface area contributed by atoms with Crippen LogP contribution < -0.4 is 0 Å². The Morgan fingerprint density at radius 2 is 0.750 bits per heavy atom. The molecule has 28 heavy (non-hydrogen) atoms. The van der Waals surface area contributed by atoms with Crippen LogP contribution in [0.1, 0.15) is 0 Å². The van der Waals surface area contributed by atoms with Crippen molar-refractivity contribution in [3.63, 3.8) is 0 Å². The van der Waals surface area contributed by atoms with Crippen molar-refractivity contribution in [2.24, 2.45) is 0 Å². The van der Waals surface area contributed by atoms with E-state index >= 15 is 0 Å². The van der Waals surface area contributed by atoms with Crippen LogP contribution in [0.5, 0.6) is 0 Å².